The molecule has 35 atom stereocenters. The van der Waals surface area contributed by atoms with Crippen LogP contribution < -0.4 is 16.0 Å². The Hall–Kier alpha value is -2.87. The zero-order chi connectivity index (χ0) is 63.5. The molecule has 0 bridgehead atoms. The van der Waals surface area contributed by atoms with Crippen LogP contribution in [0.1, 0.15) is 27.7 Å². The van der Waals surface area contributed by atoms with Crippen molar-refractivity contribution < 1.29 is 173 Å². The Morgan fingerprint density at radius 1 is 0.326 bits per heavy atom. The Morgan fingerprint density at radius 3 is 1.26 bits per heavy atom. The maximum absolute atomic E-state index is 12.9. The van der Waals surface area contributed by atoms with Crippen LogP contribution in [-0.4, -0.2) is 369 Å². The molecular weight excluding hydrogens is 1180 g/mol. The molecule has 498 valence electrons. The summed E-state index contributed by atoms with van der Waals surface area (Å²) in [5.74, 6) is -2.48. The number of carbonyl (C=O) groups excluding carboxylic acids is 3. The van der Waals surface area contributed by atoms with Crippen molar-refractivity contribution in [1.29, 1.82) is 0 Å². The normalized spacial score (nSPS) is 49.4. The molecule has 38 heteroatoms. The first-order valence-electron chi connectivity index (χ1n) is 27.5. The van der Waals surface area contributed by atoms with E-state index in [9.17, 15) is 111 Å². The number of rotatable bonds is 21. The summed E-state index contributed by atoms with van der Waals surface area (Å²) in [6.07, 6.45) is -61.7. The van der Waals surface area contributed by atoms with Crippen molar-refractivity contribution in [2.45, 2.75) is 242 Å². The van der Waals surface area contributed by atoms with E-state index in [-0.39, 0.29) is 0 Å². The summed E-state index contributed by atoms with van der Waals surface area (Å²) in [5, 5.41) is 214. The van der Waals surface area contributed by atoms with Crippen molar-refractivity contribution >= 4 is 17.7 Å². The number of nitrogens with one attached hydrogen (secondary N) is 3. The van der Waals surface area contributed by atoms with E-state index in [0.717, 1.165) is 20.8 Å². The predicted octanol–water partition coefficient (Wildman–Crippen LogP) is -14.8. The number of hydrogen-bond acceptors (Lipinski definition) is 35. The molecule has 22 N–H and O–H groups in total. The molecule has 0 saturated carbocycles. The fourth-order valence-corrected chi connectivity index (χ4v) is 11.0. The summed E-state index contributed by atoms with van der Waals surface area (Å²) >= 11 is 0. The van der Waals surface area contributed by atoms with E-state index in [1.807, 2.05) is 0 Å². The van der Waals surface area contributed by atoms with Crippen LogP contribution in [0.25, 0.3) is 0 Å². The maximum atomic E-state index is 12.9. The van der Waals surface area contributed by atoms with Crippen LogP contribution in [0.3, 0.4) is 0 Å². The molecule has 0 aromatic heterocycles. The number of ether oxygens (including phenoxy) is 13. The Labute approximate surface area is 488 Å². The average molecular weight is 1260 g/mol. The van der Waals surface area contributed by atoms with E-state index >= 15 is 0 Å². The zero-order valence-corrected chi connectivity index (χ0v) is 46.5. The number of amides is 3. The summed E-state index contributed by atoms with van der Waals surface area (Å²) in [4.78, 5) is 37.7. The molecule has 0 radical (unpaired) electrons. The minimum Gasteiger partial charge on any atom is -0.394 e. The third-order valence-corrected chi connectivity index (χ3v) is 15.7. The van der Waals surface area contributed by atoms with E-state index in [1.165, 1.54) is 6.92 Å². The van der Waals surface area contributed by atoms with E-state index in [0.29, 0.717) is 0 Å². The minimum absolute atomic E-state index is 0.786. The molecule has 0 aromatic carbocycles. The van der Waals surface area contributed by atoms with Gasteiger partial charge in [0.2, 0.25) is 17.7 Å². The van der Waals surface area contributed by atoms with Gasteiger partial charge in [-0.1, -0.05) is 0 Å². The van der Waals surface area contributed by atoms with Gasteiger partial charge >= 0.3 is 0 Å². The van der Waals surface area contributed by atoms with E-state index in [1.54, 1.807) is 0 Å². The van der Waals surface area contributed by atoms with Crippen LogP contribution in [0, 0.1) is 0 Å². The molecule has 7 aliphatic rings. The third-order valence-electron chi connectivity index (χ3n) is 15.7. The van der Waals surface area contributed by atoms with Gasteiger partial charge in [-0.3, -0.25) is 14.4 Å². The van der Waals surface area contributed by atoms with Crippen LogP contribution in [0.5, 0.6) is 0 Å². The van der Waals surface area contributed by atoms with Gasteiger partial charge < -0.3 is 175 Å². The molecular formula is C48H81N3O35. The van der Waals surface area contributed by atoms with Gasteiger partial charge in [0.15, 0.2) is 44.0 Å². The molecule has 86 heavy (non-hydrogen) atoms. The first-order valence-corrected chi connectivity index (χ1v) is 27.5. The first kappa shape index (κ1) is 70.6. The van der Waals surface area contributed by atoms with Gasteiger partial charge in [0.05, 0.1) is 45.7 Å². The van der Waals surface area contributed by atoms with Crippen LogP contribution in [0.4, 0.5) is 0 Å². The third kappa shape index (κ3) is 15.4. The fraction of sp³-hybridized carbons (Fsp3) is 0.938. The van der Waals surface area contributed by atoms with Gasteiger partial charge in [0, 0.05) is 20.8 Å². The molecule has 3 amide bonds. The van der Waals surface area contributed by atoms with Crippen molar-refractivity contribution in [2.75, 3.05) is 39.6 Å². The molecule has 7 saturated heterocycles. The fourth-order valence-electron chi connectivity index (χ4n) is 11.0. The smallest absolute Gasteiger partial charge is 0.217 e. The quantitative estimate of drug-likeness (QED) is 0.0507. The topological polar surface area (TPSA) is 592 Å². The Kier molecular flexibility index (Phi) is 25.0. The average Bonchev–Trinajstić information content (AvgIpc) is 3.47. The Bertz CT molecular complexity index is 2170. The van der Waals surface area contributed by atoms with Gasteiger partial charge in [-0.2, -0.15) is 0 Å². The standard InChI is InChI=1S/C48H81N3O35/c1-11-24(60)31(67)34(70)45(75-11)84-39-23(51-14(4)59)42(73)76-19(9-56)38(39)83-44-22(50-13(3)58)30(66)37(18(8-55)80-44)82-47-36(72)40(85-46-35(71)32(68)26(62)16(6-53)78-46)28(64)20(81-47)10-74-48-41(33(69)27(63)17(7-54)79-48)86-43-21(49-12(2)57)29(65)25(61)15(5-52)77-43/h11,15-48,52-56,60-73H,5-10H2,1-4H3,(H,49,57)(H,50,58)(H,51,59)/t11-,15+,16+,17+,18+,19+,20+,21+,22+,23+,24+,25+,26+,27+,28+,29+,30+,31+,32-,33-,34-,35-,36-,37+,38+,39+,40-,41-,42?,43-,44-,45-,46+,47-,48-/m0/s1. The highest BCUT2D eigenvalue weighted by Crippen LogP contribution is 2.38. The molecule has 0 aliphatic carbocycles. The SMILES string of the molecule is CC(=O)N[C@H]1[C@H](O[C@H]2[C@H](O[C@@H]3O[C@@H](C)[C@@H](O)[C@@H](O)[C@@H]3O)[C@@H](NC(C)=O)C(O)O[C@@H]2CO)O[C@H](CO)[C@@H](O[C@@H]2O[C@H](CO[C@H]3O[C@H](CO)[C@@H](O)[C@H](O)[C@@H]3O[C@@H]3O[C@H](CO)[C@@H](O)[C@H](O)[C@H]3NC(C)=O)[C@@H](O)[C@H](O[C@H]3O[C@H](CO)[C@@H](O)[C@H](O)[C@@H]3O)[C@@H]2O)[C@@H]1O. The van der Waals surface area contributed by atoms with Crippen LogP contribution in [-0.2, 0) is 76.0 Å². The van der Waals surface area contributed by atoms with E-state index in [4.69, 9.17) is 61.6 Å². The second kappa shape index (κ2) is 30.5. The lowest BCUT2D eigenvalue weighted by Gasteiger charge is -2.51. The van der Waals surface area contributed by atoms with Crippen molar-refractivity contribution in [2.24, 2.45) is 0 Å². The molecule has 7 rings (SSSR count). The van der Waals surface area contributed by atoms with Crippen molar-refractivity contribution in [1.82, 2.24) is 16.0 Å². The number of hydrogen-bond donors (Lipinski definition) is 22. The molecule has 7 fully saturated rings. The highest BCUT2D eigenvalue weighted by Gasteiger charge is 2.59. The lowest BCUT2D eigenvalue weighted by molar-refractivity contribution is -0.389. The number of aliphatic hydroxyl groups is 19. The molecule has 7 aliphatic heterocycles. The summed E-state index contributed by atoms with van der Waals surface area (Å²) in [6, 6.07) is -5.18. The van der Waals surface area contributed by atoms with Crippen molar-refractivity contribution in [3.05, 3.63) is 0 Å². The van der Waals surface area contributed by atoms with Crippen LogP contribution in [0.2, 0.25) is 0 Å². The highest BCUT2D eigenvalue weighted by atomic mass is 16.8. The van der Waals surface area contributed by atoms with Gasteiger partial charge in [0.1, 0.15) is 165 Å². The Balaban J connectivity index is 1.19. The van der Waals surface area contributed by atoms with Crippen LogP contribution >= 0.6 is 0 Å². The van der Waals surface area contributed by atoms with Gasteiger partial charge in [-0.15, -0.1) is 0 Å². The van der Waals surface area contributed by atoms with Gasteiger partial charge in [-0.05, 0) is 6.92 Å². The highest BCUT2D eigenvalue weighted by molar-refractivity contribution is 5.74. The van der Waals surface area contributed by atoms with Crippen LogP contribution in [0.15, 0.2) is 0 Å². The first-order chi connectivity index (χ1) is 40.6. The van der Waals surface area contributed by atoms with Gasteiger partial charge in [0.25, 0.3) is 0 Å². The monoisotopic (exact) mass is 1260 g/mol. The molecule has 7 heterocycles. The minimum atomic E-state index is -2.35. The largest absolute Gasteiger partial charge is 0.394 e. The summed E-state index contributed by atoms with van der Waals surface area (Å²) in [5.41, 5.74) is 0. The van der Waals surface area contributed by atoms with E-state index < -0.39 is 272 Å². The number of aliphatic hydroxyl groups excluding tert-OH is 19. The predicted molar refractivity (Wildman–Crippen MR) is 265 cm³/mol. The molecule has 1 unspecified atom stereocenters. The number of carbonyl (C=O) groups is 3. The van der Waals surface area contributed by atoms with Crippen molar-refractivity contribution in [3.63, 3.8) is 0 Å². The Morgan fingerprint density at radius 2 is 0.709 bits per heavy atom. The summed E-state index contributed by atoms with van der Waals surface area (Å²) in [6.45, 7) is -1.69. The lowest BCUT2D eigenvalue weighted by Crippen LogP contribution is -2.71. The summed E-state index contributed by atoms with van der Waals surface area (Å²) < 4.78 is 76.3. The molecule has 0 spiro atoms. The molecule has 38 nitrogen and oxygen atoms in total. The summed E-state index contributed by atoms with van der Waals surface area (Å²) in [7, 11) is 0. The maximum Gasteiger partial charge on any atom is 0.217 e. The second-order valence-corrected chi connectivity index (χ2v) is 21.8. The lowest BCUT2D eigenvalue weighted by atomic mass is 9.93. The molecule has 0 aromatic rings. The van der Waals surface area contributed by atoms with Gasteiger partial charge in [-0.25, -0.2) is 0 Å². The second-order valence-electron chi connectivity index (χ2n) is 21.8. The van der Waals surface area contributed by atoms with Crippen molar-refractivity contribution in [3.8, 4) is 0 Å². The van der Waals surface area contributed by atoms with E-state index in [2.05, 4.69) is 16.0 Å². The zero-order valence-electron chi connectivity index (χ0n) is 46.5.